The molecular weight excluding hydrogens is 272 g/mol. The van der Waals surface area contributed by atoms with E-state index < -0.39 is 0 Å². The Morgan fingerprint density at radius 2 is 2.10 bits per heavy atom. The summed E-state index contributed by atoms with van der Waals surface area (Å²) in [5, 5.41) is 3.88. The zero-order valence-corrected chi connectivity index (χ0v) is 12.6. The monoisotopic (exact) mass is 290 g/mol. The molecule has 0 aliphatic carbocycles. The van der Waals surface area contributed by atoms with Gasteiger partial charge in [0.15, 0.2) is 0 Å². The lowest BCUT2D eigenvalue weighted by atomic mass is 10.2. The molecule has 2 rings (SSSR count). The highest BCUT2D eigenvalue weighted by Gasteiger charge is 2.03. The van der Waals surface area contributed by atoms with Gasteiger partial charge in [0.1, 0.15) is 18.2 Å². The van der Waals surface area contributed by atoms with Crippen LogP contribution < -0.4 is 10.1 Å². The summed E-state index contributed by atoms with van der Waals surface area (Å²) in [5.41, 5.74) is 2.00. The molecule has 0 aliphatic heterocycles. The fraction of sp³-hybridized carbons (Fsp3) is 0.312. The van der Waals surface area contributed by atoms with Gasteiger partial charge in [-0.1, -0.05) is 30.7 Å². The third kappa shape index (κ3) is 4.14. The number of ether oxygens (including phenoxy) is 1. The van der Waals surface area contributed by atoms with Crippen molar-refractivity contribution < 1.29 is 4.74 Å². The van der Waals surface area contributed by atoms with Crippen LogP contribution in [0, 0.1) is 6.92 Å². The van der Waals surface area contributed by atoms with Crippen LogP contribution in [-0.4, -0.2) is 11.5 Å². The summed E-state index contributed by atoms with van der Waals surface area (Å²) in [4.78, 5) is 4.50. The molecule has 20 heavy (non-hydrogen) atoms. The van der Waals surface area contributed by atoms with Crippen molar-refractivity contribution in [2.24, 2.45) is 0 Å². The van der Waals surface area contributed by atoms with Gasteiger partial charge in [-0.2, -0.15) is 0 Å². The summed E-state index contributed by atoms with van der Waals surface area (Å²) in [6.07, 6.45) is 1.07. The highest BCUT2D eigenvalue weighted by molar-refractivity contribution is 6.32. The van der Waals surface area contributed by atoms with Gasteiger partial charge >= 0.3 is 0 Å². The Kier molecular flexibility index (Phi) is 5.24. The summed E-state index contributed by atoms with van der Waals surface area (Å²) in [7, 11) is 0. The Labute approximate surface area is 124 Å². The van der Waals surface area contributed by atoms with Gasteiger partial charge in [-0.05, 0) is 43.2 Å². The van der Waals surface area contributed by atoms with E-state index in [4.69, 9.17) is 16.3 Å². The van der Waals surface area contributed by atoms with Crippen LogP contribution in [0.25, 0.3) is 0 Å². The molecule has 4 heteroatoms. The average molecular weight is 291 g/mol. The van der Waals surface area contributed by atoms with Crippen LogP contribution in [0.15, 0.2) is 36.4 Å². The molecule has 0 fully saturated rings. The minimum atomic E-state index is 0.408. The van der Waals surface area contributed by atoms with Gasteiger partial charge in [-0.25, -0.2) is 4.98 Å². The fourth-order valence-electron chi connectivity index (χ4n) is 1.78. The van der Waals surface area contributed by atoms with Crippen LogP contribution in [0.4, 0.5) is 5.82 Å². The van der Waals surface area contributed by atoms with Crippen molar-refractivity contribution >= 4 is 17.4 Å². The number of rotatable bonds is 6. The first kappa shape index (κ1) is 14.7. The summed E-state index contributed by atoms with van der Waals surface area (Å²) < 4.78 is 5.74. The lowest BCUT2D eigenvalue weighted by Gasteiger charge is -2.10. The Hall–Kier alpha value is -1.74. The van der Waals surface area contributed by atoms with Gasteiger partial charge in [-0.15, -0.1) is 0 Å². The molecule has 0 atom stereocenters. The molecule has 0 aliphatic rings. The minimum Gasteiger partial charge on any atom is -0.486 e. The molecule has 0 spiro atoms. The molecule has 3 nitrogen and oxygen atoms in total. The lowest BCUT2D eigenvalue weighted by Crippen LogP contribution is -2.05. The number of pyridine rings is 1. The van der Waals surface area contributed by atoms with Gasteiger partial charge in [0.05, 0.1) is 10.7 Å². The maximum absolute atomic E-state index is 6.10. The molecule has 1 N–H and O–H groups in total. The molecule has 0 amide bonds. The van der Waals surface area contributed by atoms with Gasteiger partial charge in [0, 0.05) is 6.54 Å². The van der Waals surface area contributed by atoms with E-state index in [1.165, 1.54) is 0 Å². The molecule has 0 unspecified atom stereocenters. The fourth-order valence-corrected chi connectivity index (χ4v) is 1.96. The van der Waals surface area contributed by atoms with Crippen molar-refractivity contribution in [3.05, 3.63) is 52.7 Å². The van der Waals surface area contributed by atoms with Gasteiger partial charge in [0.2, 0.25) is 0 Å². The van der Waals surface area contributed by atoms with Crippen molar-refractivity contribution in [2.45, 2.75) is 26.9 Å². The number of nitrogens with zero attached hydrogens (tertiary/aromatic N) is 1. The first-order chi connectivity index (χ1) is 9.69. The quantitative estimate of drug-likeness (QED) is 0.854. The van der Waals surface area contributed by atoms with Crippen LogP contribution in [0.5, 0.6) is 5.75 Å². The number of halogens is 1. The average Bonchev–Trinajstić information content (AvgIpc) is 2.46. The first-order valence-electron chi connectivity index (χ1n) is 6.78. The van der Waals surface area contributed by atoms with Crippen molar-refractivity contribution in [3.63, 3.8) is 0 Å². The second-order valence-corrected chi connectivity index (χ2v) is 5.07. The van der Waals surface area contributed by atoms with E-state index in [-0.39, 0.29) is 0 Å². The molecule has 0 saturated carbocycles. The lowest BCUT2D eigenvalue weighted by molar-refractivity contribution is 0.301. The van der Waals surface area contributed by atoms with Crippen LogP contribution in [-0.2, 0) is 6.61 Å². The smallest absolute Gasteiger partial charge is 0.138 e. The van der Waals surface area contributed by atoms with Crippen LogP contribution in [0.2, 0.25) is 5.02 Å². The van der Waals surface area contributed by atoms with E-state index in [2.05, 4.69) is 17.2 Å². The zero-order chi connectivity index (χ0) is 14.4. The van der Waals surface area contributed by atoms with E-state index in [1.807, 2.05) is 43.3 Å². The van der Waals surface area contributed by atoms with Crippen molar-refractivity contribution in [1.82, 2.24) is 4.98 Å². The second kappa shape index (κ2) is 7.15. The van der Waals surface area contributed by atoms with E-state index in [0.717, 1.165) is 30.0 Å². The molecule has 1 aromatic heterocycles. The Morgan fingerprint density at radius 1 is 1.25 bits per heavy atom. The normalized spacial score (nSPS) is 10.3. The Balaban J connectivity index is 2.01. The predicted octanol–water partition coefficient (Wildman–Crippen LogP) is 4.44. The third-order valence-corrected chi connectivity index (χ3v) is 3.14. The third-order valence-electron chi connectivity index (χ3n) is 2.83. The number of aromatic nitrogens is 1. The highest BCUT2D eigenvalue weighted by atomic mass is 35.5. The van der Waals surface area contributed by atoms with E-state index in [0.29, 0.717) is 17.4 Å². The summed E-state index contributed by atoms with van der Waals surface area (Å²) in [6, 6.07) is 11.6. The SMILES string of the molecule is CCCNc1cccc(COc2cc(C)ccc2Cl)n1. The molecule has 2 aromatic rings. The Bertz CT molecular complexity index is 572. The first-order valence-corrected chi connectivity index (χ1v) is 7.15. The maximum Gasteiger partial charge on any atom is 0.138 e. The molecule has 0 bridgehead atoms. The topological polar surface area (TPSA) is 34.1 Å². The molecule has 1 heterocycles. The van der Waals surface area contributed by atoms with Crippen LogP contribution in [0.3, 0.4) is 0 Å². The van der Waals surface area contributed by atoms with E-state index in [9.17, 15) is 0 Å². The Morgan fingerprint density at radius 3 is 2.90 bits per heavy atom. The second-order valence-electron chi connectivity index (χ2n) is 4.66. The summed E-state index contributed by atoms with van der Waals surface area (Å²) in [5.74, 6) is 1.57. The van der Waals surface area contributed by atoms with Crippen molar-refractivity contribution in [3.8, 4) is 5.75 Å². The standard InChI is InChI=1S/C16H19ClN2O/c1-3-9-18-16-6-4-5-13(19-16)11-20-15-10-12(2)7-8-14(15)17/h4-8,10H,3,9,11H2,1-2H3,(H,18,19). The van der Waals surface area contributed by atoms with E-state index >= 15 is 0 Å². The van der Waals surface area contributed by atoms with Crippen LogP contribution in [0.1, 0.15) is 24.6 Å². The van der Waals surface area contributed by atoms with Crippen LogP contribution >= 0.6 is 11.6 Å². The van der Waals surface area contributed by atoms with Crippen molar-refractivity contribution in [2.75, 3.05) is 11.9 Å². The van der Waals surface area contributed by atoms with Gasteiger partial charge in [0.25, 0.3) is 0 Å². The number of nitrogens with one attached hydrogen (secondary N) is 1. The highest BCUT2D eigenvalue weighted by Crippen LogP contribution is 2.26. The summed E-state index contributed by atoms with van der Waals surface area (Å²) >= 11 is 6.10. The number of aryl methyl sites for hydroxylation is 1. The largest absolute Gasteiger partial charge is 0.486 e. The van der Waals surface area contributed by atoms with Gasteiger partial charge < -0.3 is 10.1 Å². The van der Waals surface area contributed by atoms with Gasteiger partial charge in [-0.3, -0.25) is 0 Å². The maximum atomic E-state index is 6.10. The molecule has 1 aromatic carbocycles. The molecule has 0 radical (unpaired) electrons. The number of hydrogen-bond donors (Lipinski definition) is 1. The number of anilines is 1. The minimum absolute atomic E-state index is 0.408. The zero-order valence-electron chi connectivity index (χ0n) is 11.8. The molecule has 0 saturated heterocycles. The van der Waals surface area contributed by atoms with Crippen molar-refractivity contribution in [1.29, 1.82) is 0 Å². The number of hydrogen-bond acceptors (Lipinski definition) is 3. The summed E-state index contributed by atoms with van der Waals surface area (Å²) in [6.45, 7) is 5.46. The molecule has 106 valence electrons. The number of benzene rings is 1. The predicted molar refractivity (Wildman–Crippen MR) is 83.5 cm³/mol. The van der Waals surface area contributed by atoms with E-state index in [1.54, 1.807) is 0 Å². The molecular formula is C16H19ClN2O.